The second-order valence-electron chi connectivity index (χ2n) is 7.99. The van der Waals surface area contributed by atoms with E-state index in [0.29, 0.717) is 12.1 Å². The maximum Gasteiger partial charge on any atom is 0.0622 e. The Balaban J connectivity index is 4.38. The van der Waals surface area contributed by atoms with Gasteiger partial charge in [0.1, 0.15) is 0 Å². The number of ether oxygens (including phenoxy) is 1. The average Bonchev–Trinajstić information content (AvgIpc) is 2.55. The minimum absolute atomic E-state index is 0.527. The van der Waals surface area contributed by atoms with Gasteiger partial charge in [-0.1, -0.05) is 26.7 Å². The van der Waals surface area contributed by atoms with Gasteiger partial charge in [0, 0.05) is 38.3 Å². The van der Waals surface area contributed by atoms with Crippen LogP contribution in [0.25, 0.3) is 0 Å². The largest absolute Gasteiger partial charge is 0.378 e. The molecule has 0 aliphatic heterocycles. The number of hydrogen-bond acceptors (Lipinski definition) is 5. The fourth-order valence-corrected chi connectivity index (χ4v) is 2.95. The molecule has 2 atom stereocenters. The molecule has 0 saturated heterocycles. The lowest BCUT2D eigenvalue weighted by Gasteiger charge is -2.32. The highest BCUT2D eigenvalue weighted by atomic mass is 16.5. The highest BCUT2D eigenvalue weighted by Gasteiger charge is 2.18. The van der Waals surface area contributed by atoms with Gasteiger partial charge in [0.15, 0.2) is 0 Å². The summed E-state index contributed by atoms with van der Waals surface area (Å²) in [5, 5.41) is 0. The van der Waals surface area contributed by atoms with E-state index in [4.69, 9.17) is 4.74 Å². The van der Waals surface area contributed by atoms with Crippen molar-refractivity contribution in [2.45, 2.75) is 51.6 Å². The predicted octanol–water partition coefficient (Wildman–Crippen LogP) is 2.33. The standard InChI is InChI=1S/C20H46N4O/c1-9-11-19(23(7)15-13-21(3)4)17-25-18-20(12-10-2)24(8)16-14-22(5)6/h19-20H,9-18H2,1-8H3. The van der Waals surface area contributed by atoms with Gasteiger partial charge in [0.05, 0.1) is 13.2 Å². The SMILES string of the molecule is CCCC(COCC(CCC)N(C)CCN(C)C)N(C)CCN(C)C. The molecule has 5 nitrogen and oxygen atoms in total. The monoisotopic (exact) mass is 358 g/mol. The Morgan fingerprint density at radius 1 is 0.600 bits per heavy atom. The number of nitrogens with zero attached hydrogens (tertiary/aromatic N) is 4. The third-order valence-electron chi connectivity index (χ3n) is 4.91. The van der Waals surface area contributed by atoms with Crippen molar-refractivity contribution >= 4 is 0 Å². The quantitative estimate of drug-likeness (QED) is 0.421. The van der Waals surface area contributed by atoms with Crippen molar-refractivity contribution in [2.24, 2.45) is 0 Å². The molecule has 0 radical (unpaired) electrons. The first-order valence-corrected chi connectivity index (χ1v) is 10.1. The third-order valence-corrected chi connectivity index (χ3v) is 4.91. The van der Waals surface area contributed by atoms with Crippen molar-refractivity contribution in [1.82, 2.24) is 19.6 Å². The van der Waals surface area contributed by atoms with Crippen LogP contribution in [-0.2, 0) is 4.74 Å². The first kappa shape index (κ1) is 24.8. The van der Waals surface area contributed by atoms with E-state index in [0.717, 1.165) is 39.4 Å². The summed E-state index contributed by atoms with van der Waals surface area (Å²) >= 11 is 0. The molecule has 0 aliphatic rings. The zero-order valence-corrected chi connectivity index (χ0v) is 18.4. The summed E-state index contributed by atoms with van der Waals surface area (Å²) in [6.07, 6.45) is 4.83. The van der Waals surface area contributed by atoms with Gasteiger partial charge >= 0.3 is 0 Å². The summed E-state index contributed by atoms with van der Waals surface area (Å²) in [5.41, 5.74) is 0. The lowest BCUT2D eigenvalue weighted by Crippen LogP contribution is -2.42. The Kier molecular flexibility index (Phi) is 14.8. The number of likely N-dealkylation sites (N-methyl/N-ethyl adjacent to an activating group) is 4. The molecule has 0 saturated carbocycles. The van der Waals surface area contributed by atoms with Gasteiger partial charge < -0.3 is 14.5 Å². The van der Waals surface area contributed by atoms with Gasteiger partial charge in [0.25, 0.3) is 0 Å². The van der Waals surface area contributed by atoms with Crippen LogP contribution in [0.4, 0.5) is 0 Å². The van der Waals surface area contributed by atoms with E-state index in [2.05, 4.69) is 75.7 Å². The van der Waals surface area contributed by atoms with Crippen LogP contribution in [0.2, 0.25) is 0 Å². The Morgan fingerprint density at radius 2 is 0.960 bits per heavy atom. The van der Waals surface area contributed by atoms with Crippen molar-refractivity contribution in [3.8, 4) is 0 Å². The molecule has 0 spiro atoms. The zero-order valence-electron chi connectivity index (χ0n) is 18.4. The summed E-state index contributed by atoms with van der Waals surface area (Å²) in [4.78, 5) is 9.43. The molecule has 5 heteroatoms. The Hall–Kier alpha value is -0.200. The van der Waals surface area contributed by atoms with Crippen LogP contribution in [0.3, 0.4) is 0 Å². The second kappa shape index (κ2) is 14.9. The molecular formula is C20H46N4O. The van der Waals surface area contributed by atoms with Gasteiger partial charge in [-0.15, -0.1) is 0 Å². The van der Waals surface area contributed by atoms with Gasteiger partial charge in [-0.3, -0.25) is 9.80 Å². The molecule has 152 valence electrons. The van der Waals surface area contributed by atoms with E-state index in [9.17, 15) is 0 Å². The van der Waals surface area contributed by atoms with Crippen molar-refractivity contribution in [1.29, 1.82) is 0 Å². The maximum absolute atomic E-state index is 6.21. The smallest absolute Gasteiger partial charge is 0.0622 e. The van der Waals surface area contributed by atoms with Gasteiger partial charge in [0.2, 0.25) is 0 Å². The van der Waals surface area contributed by atoms with E-state index in [1.54, 1.807) is 0 Å². The van der Waals surface area contributed by atoms with Crippen molar-refractivity contribution in [3.63, 3.8) is 0 Å². The normalized spacial score (nSPS) is 14.9. The van der Waals surface area contributed by atoms with Crippen molar-refractivity contribution in [3.05, 3.63) is 0 Å². The molecule has 0 aromatic heterocycles. The molecule has 0 amide bonds. The van der Waals surface area contributed by atoms with Crippen LogP contribution in [0.5, 0.6) is 0 Å². The average molecular weight is 359 g/mol. The van der Waals surface area contributed by atoms with Crippen LogP contribution < -0.4 is 0 Å². The van der Waals surface area contributed by atoms with Gasteiger partial charge in [-0.25, -0.2) is 0 Å². The van der Waals surface area contributed by atoms with E-state index >= 15 is 0 Å². The molecule has 0 aromatic carbocycles. The first-order valence-electron chi connectivity index (χ1n) is 10.1. The molecule has 0 rings (SSSR count). The zero-order chi connectivity index (χ0) is 19.2. The number of hydrogen-bond donors (Lipinski definition) is 0. The highest BCUT2D eigenvalue weighted by molar-refractivity contribution is 4.72. The van der Waals surface area contributed by atoms with Crippen LogP contribution in [-0.4, -0.2) is 113 Å². The predicted molar refractivity (Wildman–Crippen MR) is 111 cm³/mol. The summed E-state index contributed by atoms with van der Waals surface area (Å²) in [7, 11) is 13.0. The van der Waals surface area contributed by atoms with Gasteiger partial charge in [-0.2, -0.15) is 0 Å². The summed E-state index contributed by atoms with van der Waals surface area (Å²) in [6, 6.07) is 1.05. The van der Waals surface area contributed by atoms with E-state index < -0.39 is 0 Å². The minimum Gasteiger partial charge on any atom is -0.378 e. The molecule has 0 aromatic rings. The van der Waals surface area contributed by atoms with E-state index in [-0.39, 0.29) is 0 Å². The van der Waals surface area contributed by atoms with Crippen molar-refractivity contribution in [2.75, 3.05) is 81.7 Å². The summed E-state index contributed by atoms with van der Waals surface area (Å²) in [6.45, 7) is 10.6. The Morgan fingerprint density at radius 3 is 1.24 bits per heavy atom. The molecule has 0 fully saturated rings. The molecule has 2 unspecified atom stereocenters. The fraction of sp³-hybridized carbons (Fsp3) is 1.00. The second-order valence-corrected chi connectivity index (χ2v) is 7.99. The lowest BCUT2D eigenvalue weighted by atomic mass is 10.1. The van der Waals surface area contributed by atoms with Crippen molar-refractivity contribution < 1.29 is 4.74 Å². The lowest BCUT2D eigenvalue weighted by molar-refractivity contribution is 0.0265. The van der Waals surface area contributed by atoms with Crippen LogP contribution >= 0.6 is 0 Å². The van der Waals surface area contributed by atoms with E-state index in [1.165, 1.54) is 25.7 Å². The Labute approximate surface area is 158 Å². The first-order chi connectivity index (χ1) is 11.8. The van der Waals surface area contributed by atoms with Crippen LogP contribution in [0, 0.1) is 0 Å². The van der Waals surface area contributed by atoms with Crippen LogP contribution in [0.15, 0.2) is 0 Å². The molecule has 25 heavy (non-hydrogen) atoms. The molecule has 0 bridgehead atoms. The van der Waals surface area contributed by atoms with Crippen LogP contribution in [0.1, 0.15) is 39.5 Å². The maximum atomic E-state index is 6.21. The number of rotatable bonds is 16. The topological polar surface area (TPSA) is 22.2 Å². The summed E-state index contributed by atoms with van der Waals surface area (Å²) in [5.74, 6) is 0. The fourth-order valence-electron chi connectivity index (χ4n) is 2.95. The highest BCUT2D eigenvalue weighted by Crippen LogP contribution is 2.10. The molecular weight excluding hydrogens is 312 g/mol. The van der Waals surface area contributed by atoms with Gasteiger partial charge in [-0.05, 0) is 55.1 Å². The third kappa shape index (κ3) is 12.7. The molecule has 0 aliphatic carbocycles. The molecule has 0 N–H and O–H groups in total. The minimum atomic E-state index is 0.527. The summed E-state index contributed by atoms with van der Waals surface area (Å²) < 4.78 is 6.21. The Bertz CT molecular complexity index is 271. The van der Waals surface area contributed by atoms with E-state index in [1.807, 2.05) is 0 Å². The molecule has 0 heterocycles.